The van der Waals surface area contributed by atoms with E-state index >= 15 is 0 Å². The van der Waals surface area contributed by atoms with Crippen molar-refractivity contribution in [3.8, 4) is 5.75 Å². The zero-order chi connectivity index (χ0) is 10.7. The molecular weight excluding hydrogens is 186 g/mol. The van der Waals surface area contributed by atoms with Crippen molar-refractivity contribution in [1.82, 2.24) is 4.98 Å². The minimum Gasteiger partial charge on any atom is -0.872 e. The second-order valence-corrected chi connectivity index (χ2v) is 2.72. The molecule has 0 aromatic carbocycles. The highest BCUT2D eigenvalue weighted by Gasteiger charge is 2.11. The van der Waals surface area contributed by atoms with Gasteiger partial charge < -0.3 is 14.8 Å². The topological polar surface area (TPSA) is 82.2 Å². The molecule has 0 bridgehead atoms. The summed E-state index contributed by atoms with van der Waals surface area (Å²) in [6.45, 7) is 3.31. The highest BCUT2D eigenvalue weighted by molar-refractivity contribution is 5.93. The Bertz CT molecular complexity index is 382. The lowest BCUT2D eigenvalue weighted by Gasteiger charge is -2.13. The van der Waals surface area contributed by atoms with Crippen molar-refractivity contribution >= 4 is 5.97 Å². The number of H-pyrrole nitrogens is 1. The molecule has 1 heterocycles. The molecule has 0 aliphatic carbocycles. The summed E-state index contributed by atoms with van der Waals surface area (Å²) < 4.78 is 4.67. The van der Waals surface area contributed by atoms with E-state index in [2.05, 4.69) is 9.72 Å². The molecule has 5 heteroatoms. The highest BCUT2D eigenvalue weighted by Crippen LogP contribution is 2.14. The fraction of sp³-hybridized carbons (Fsp3) is 0.333. The number of ether oxygens (including phenoxy) is 1. The predicted molar refractivity (Wildman–Crippen MR) is 47.2 cm³/mol. The second kappa shape index (κ2) is 3.95. The standard InChI is InChI=1S/C9H11NO4/c1-3-14-9(13)8-5(2)10-7(12)4-6(8)11/h4H,3H2,1-2H3,(H2,10,11,12)/p-1. The number of hydrogen-bond acceptors (Lipinski definition) is 4. The summed E-state index contributed by atoms with van der Waals surface area (Å²) in [5.74, 6) is -1.31. The molecule has 0 saturated heterocycles. The van der Waals surface area contributed by atoms with Gasteiger partial charge in [0.25, 0.3) is 0 Å². The van der Waals surface area contributed by atoms with E-state index in [1.165, 1.54) is 6.92 Å². The molecule has 0 aliphatic heterocycles. The maximum absolute atomic E-state index is 11.3. The number of carbonyl (C=O) groups is 1. The second-order valence-electron chi connectivity index (χ2n) is 2.72. The third-order valence-electron chi connectivity index (χ3n) is 1.67. The van der Waals surface area contributed by atoms with Crippen molar-refractivity contribution in [2.75, 3.05) is 6.61 Å². The molecule has 1 aromatic rings. The summed E-state index contributed by atoms with van der Waals surface area (Å²) in [5.41, 5.74) is -0.382. The first kappa shape index (κ1) is 10.3. The molecule has 1 N–H and O–H groups in total. The SMILES string of the molecule is CCOC(=O)c1c([O-])cc(=O)[nH]c1C. The van der Waals surface area contributed by atoms with Crippen molar-refractivity contribution in [2.24, 2.45) is 0 Å². The molecule has 0 aliphatic rings. The van der Waals surface area contributed by atoms with Gasteiger partial charge >= 0.3 is 5.97 Å². The summed E-state index contributed by atoms with van der Waals surface area (Å²) >= 11 is 0. The molecule has 0 saturated carbocycles. The van der Waals surface area contributed by atoms with Gasteiger partial charge in [-0.1, -0.05) is 5.75 Å². The molecule has 0 fully saturated rings. The molecule has 1 aromatic heterocycles. The van der Waals surface area contributed by atoms with Crippen LogP contribution in [0.15, 0.2) is 10.9 Å². The number of aromatic nitrogens is 1. The van der Waals surface area contributed by atoms with Crippen LogP contribution in [-0.2, 0) is 4.74 Å². The summed E-state index contributed by atoms with van der Waals surface area (Å²) in [7, 11) is 0. The number of rotatable bonds is 2. The Kier molecular flexibility index (Phi) is 2.91. The van der Waals surface area contributed by atoms with Gasteiger partial charge in [0.15, 0.2) is 0 Å². The number of esters is 1. The number of nitrogens with one attached hydrogen (secondary N) is 1. The molecule has 76 valence electrons. The summed E-state index contributed by atoms with van der Waals surface area (Å²) in [5, 5.41) is 11.3. The fourth-order valence-electron chi connectivity index (χ4n) is 1.12. The average Bonchev–Trinajstić information content (AvgIpc) is 2.01. The number of hydrogen-bond donors (Lipinski definition) is 1. The number of aryl methyl sites for hydroxylation is 1. The Morgan fingerprint density at radius 1 is 1.64 bits per heavy atom. The normalized spacial score (nSPS) is 9.86. The minimum atomic E-state index is -0.703. The Morgan fingerprint density at radius 2 is 2.29 bits per heavy atom. The molecule has 0 unspecified atom stereocenters. The van der Waals surface area contributed by atoms with Gasteiger partial charge in [0.05, 0.1) is 12.2 Å². The number of pyridine rings is 1. The molecular formula is C9H10NO4-. The molecule has 5 nitrogen and oxygen atoms in total. The Labute approximate surface area is 80.3 Å². The Morgan fingerprint density at radius 3 is 2.79 bits per heavy atom. The maximum atomic E-state index is 11.3. The van der Waals surface area contributed by atoms with Gasteiger partial charge in [0.1, 0.15) is 0 Å². The van der Waals surface area contributed by atoms with E-state index in [0.717, 1.165) is 6.07 Å². The molecule has 1 rings (SSSR count). The smallest absolute Gasteiger partial charge is 0.339 e. The first-order valence-corrected chi connectivity index (χ1v) is 4.14. The van der Waals surface area contributed by atoms with Crippen LogP contribution in [-0.4, -0.2) is 17.6 Å². The van der Waals surface area contributed by atoms with Crippen LogP contribution in [0.1, 0.15) is 23.0 Å². The monoisotopic (exact) mass is 196 g/mol. The van der Waals surface area contributed by atoms with Gasteiger partial charge in [-0.15, -0.1) is 0 Å². The third kappa shape index (κ3) is 1.93. The van der Waals surface area contributed by atoms with Crippen molar-refractivity contribution in [3.63, 3.8) is 0 Å². The first-order valence-electron chi connectivity index (χ1n) is 4.14. The van der Waals surface area contributed by atoms with Crippen LogP contribution < -0.4 is 10.7 Å². The number of aromatic amines is 1. The molecule has 0 atom stereocenters. The van der Waals surface area contributed by atoms with Gasteiger partial charge in [0.2, 0.25) is 5.56 Å². The van der Waals surface area contributed by atoms with Gasteiger partial charge in [-0.2, -0.15) is 0 Å². The largest absolute Gasteiger partial charge is 0.872 e. The predicted octanol–water partition coefficient (Wildman–Crippen LogP) is -0.0664. The lowest BCUT2D eigenvalue weighted by atomic mass is 10.2. The summed E-state index contributed by atoms with van der Waals surface area (Å²) in [6, 6.07) is 0.833. The van der Waals surface area contributed by atoms with E-state index in [9.17, 15) is 14.7 Å². The van der Waals surface area contributed by atoms with E-state index in [4.69, 9.17) is 0 Å². The zero-order valence-corrected chi connectivity index (χ0v) is 7.92. The molecule has 0 spiro atoms. The third-order valence-corrected chi connectivity index (χ3v) is 1.67. The zero-order valence-electron chi connectivity index (χ0n) is 7.92. The van der Waals surface area contributed by atoms with Crippen LogP contribution in [0.3, 0.4) is 0 Å². The van der Waals surface area contributed by atoms with E-state index in [0.29, 0.717) is 0 Å². The van der Waals surface area contributed by atoms with Gasteiger partial charge in [-0.3, -0.25) is 4.79 Å². The van der Waals surface area contributed by atoms with Gasteiger partial charge in [-0.25, -0.2) is 4.79 Å². The average molecular weight is 196 g/mol. The van der Waals surface area contributed by atoms with Crippen LogP contribution in [0.2, 0.25) is 0 Å². The number of carbonyl (C=O) groups excluding carboxylic acids is 1. The lowest BCUT2D eigenvalue weighted by Crippen LogP contribution is -2.17. The first-order chi connectivity index (χ1) is 6.56. The van der Waals surface area contributed by atoms with Crippen molar-refractivity contribution in [1.29, 1.82) is 0 Å². The van der Waals surface area contributed by atoms with Crippen molar-refractivity contribution in [2.45, 2.75) is 13.8 Å². The molecule has 14 heavy (non-hydrogen) atoms. The van der Waals surface area contributed by atoms with E-state index < -0.39 is 17.3 Å². The van der Waals surface area contributed by atoms with Crippen LogP contribution in [0.5, 0.6) is 5.75 Å². The van der Waals surface area contributed by atoms with Crippen LogP contribution >= 0.6 is 0 Å². The van der Waals surface area contributed by atoms with E-state index in [1.807, 2.05) is 0 Å². The van der Waals surface area contributed by atoms with Crippen LogP contribution in [0.25, 0.3) is 0 Å². The van der Waals surface area contributed by atoms with E-state index in [-0.39, 0.29) is 17.9 Å². The van der Waals surface area contributed by atoms with E-state index in [1.54, 1.807) is 6.92 Å². The van der Waals surface area contributed by atoms with Crippen molar-refractivity contribution < 1.29 is 14.6 Å². The Hall–Kier alpha value is -1.78. The highest BCUT2D eigenvalue weighted by atomic mass is 16.5. The molecule has 0 amide bonds. The van der Waals surface area contributed by atoms with Gasteiger partial charge in [0, 0.05) is 5.69 Å². The van der Waals surface area contributed by atoms with Crippen LogP contribution in [0, 0.1) is 6.92 Å². The maximum Gasteiger partial charge on any atom is 0.339 e. The van der Waals surface area contributed by atoms with Crippen LogP contribution in [0.4, 0.5) is 0 Å². The fourth-order valence-corrected chi connectivity index (χ4v) is 1.12. The summed E-state index contributed by atoms with van der Waals surface area (Å²) in [6.07, 6.45) is 0. The molecule has 0 radical (unpaired) electrons. The Balaban J connectivity index is 3.21. The lowest BCUT2D eigenvalue weighted by molar-refractivity contribution is -0.269. The van der Waals surface area contributed by atoms with Gasteiger partial charge in [-0.05, 0) is 19.9 Å². The quantitative estimate of drug-likeness (QED) is 0.671. The summed E-state index contributed by atoms with van der Waals surface area (Å²) in [4.78, 5) is 24.5. The van der Waals surface area contributed by atoms with Crippen molar-refractivity contribution in [3.05, 3.63) is 27.7 Å². The minimum absolute atomic E-state index is 0.105.